The van der Waals surface area contributed by atoms with Gasteiger partial charge in [-0.25, -0.2) is 0 Å². The van der Waals surface area contributed by atoms with Crippen molar-refractivity contribution in [1.29, 1.82) is 0 Å². The Kier molecular flexibility index (Phi) is 2.88. The molecule has 1 rings (SSSR count). The Morgan fingerprint density at radius 1 is 1.43 bits per heavy atom. The van der Waals surface area contributed by atoms with Crippen molar-refractivity contribution in [3.63, 3.8) is 0 Å². The van der Waals surface area contributed by atoms with Crippen LogP contribution in [-0.2, 0) is 14.4 Å². The molecule has 0 N–H and O–H groups in total. The molecule has 0 saturated heterocycles. The molecule has 0 radical (unpaired) electrons. The largest absolute Gasteiger partial charge is 0.298 e. The van der Waals surface area contributed by atoms with Crippen molar-refractivity contribution in [2.45, 2.75) is 40.0 Å². The first kappa shape index (κ1) is 11.1. The molecule has 0 aromatic carbocycles. The molecule has 0 bridgehead atoms. The van der Waals surface area contributed by atoms with Gasteiger partial charge in [0.25, 0.3) is 0 Å². The molecule has 1 fully saturated rings. The molecule has 1 aliphatic carbocycles. The third-order valence-corrected chi connectivity index (χ3v) is 2.92. The maximum Gasteiger partial charge on any atom is 0.156 e. The van der Waals surface area contributed by atoms with Gasteiger partial charge in [-0.2, -0.15) is 0 Å². The molecule has 1 aliphatic rings. The summed E-state index contributed by atoms with van der Waals surface area (Å²) in [6.07, 6.45) is 1.19. The van der Waals surface area contributed by atoms with Crippen molar-refractivity contribution in [2.75, 3.05) is 0 Å². The normalized spacial score (nSPS) is 26.4. The fourth-order valence-electron chi connectivity index (χ4n) is 1.77. The minimum Gasteiger partial charge on any atom is -0.298 e. The lowest BCUT2D eigenvalue weighted by Gasteiger charge is -2.31. The smallest absolute Gasteiger partial charge is 0.156 e. The highest BCUT2D eigenvalue weighted by Gasteiger charge is 2.44. The maximum atomic E-state index is 11.8. The monoisotopic (exact) mass is 196 g/mol. The van der Waals surface area contributed by atoms with Crippen LogP contribution in [0.1, 0.15) is 40.0 Å². The van der Waals surface area contributed by atoms with Gasteiger partial charge in [-0.1, -0.05) is 20.8 Å². The van der Waals surface area contributed by atoms with Crippen molar-refractivity contribution in [3.8, 4) is 0 Å². The Morgan fingerprint density at radius 2 is 2.00 bits per heavy atom. The van der Waals surface area contributed by atoms with Crippen molar-refractivity contribution >= 4 is 17.3 Å². The van der Waals surface area contributed by atoms with E-state index in [-0.39, 0.29) is 23.8 Å². The van der Waals surface area contributed by atoms with Gasteiger partial charge < -0.3 is 0 Å². The number of Topliss-reactive ketones (excluding diaryl/α,β-unsaturated/α-hetero) is 3. The molecule has 1 unspecified atom stereocenters. The van der Waals surface area contributed by atoms with Crippen LogP contribution in [0.25, 0.3) is 0 Å². The van der Waals surface area contributed by atoms with Crippen LogP contribution < -0.4 is 0 Å². The van der Waals surface area contributed by atoms with Gasteiger partial charge in [0.15, 0.2) is 17.3 Å². The van der Waals surface area contributed by atoms with E-state index in [1.165, 1.54) is 0 Å². The molecule has 0 spiro atoms. The molecule has 14 heavy (non-hydrogen) atoms. The predicted molar refractivity (Wildman–Crippen MR) is 51.8 cm³/mol. The molecule has 0 heterocycles. The van der Waals surface area contributed by atoms with E-state index >= 15 is 0 Å². The number of carbonyl (C=O) groups is 3. The van der Waals surface area contributed by atoms with Crippen LogP contribution in [0.3, 0.4) is 0 Å². The van der Waals surface area contributed by atoms with Crippen LogP contribution in [0.5, 0.6) is 0 Å². The highest BCUT2D eigenvalue weighted by atomic mass is 16.2. The summed E-state index contributed by atoms with van der Waals surface area (Å²) in [6.45, 7) is 5.29. The fourth-order valence-corrected chi connectivity index (χ4v) is 1.77. The minimum atomic E-state index is -0.969. The van der Waals surface area contributed by atoms with Crippen molar-refractivity contribution in [3.05, 3.63) is 0 Å². The van der Waals surface area contributed by atoms with Gasteiger partial charge in [-0.15, -0.1) is 0 Å². The highest BCUT2D eigenvalue weighted by molar-refractivity contribution is 6.21. The second kappa shape index (κ2) is 3.64. The van der Waals surface area contributed by atoms with Crippen LogP contribution in [0.4, 0.5) is 0 Å². The van der Waals surface area contributed by atoms with Crippen LogP contribution in [0, 0.1) is 11.3 Å². The summed E-state index contributed by atoms with van der Waals surface area (Å²) in [4.78, 5) is 34.7. The number of hydrogen-bond acceptors (Lipinski definition) is 3. The molecule has 3 nitrogen and oxygen atoms in total. The molecule has 0 amide bonds. The van der Waals surface area contributed by atoms with E-state index in [0.717, 1.165) is 0 Å². The van der Waals surface area contributed by atoms with Crippen molar-refractivity contribution in [1.82, 2.24) is 0 Å². The number of ketones is 3. The van der Waals surface area contributed by atoms with Crippen molar-refractivity contribution in [2.24, 2.45) is 11.3 Å². The summed E-state index contributed by atoms with van der Waals surface area (Å²) in [7, 11) is 0. The van der Waals surface area contributed by atoms with Gasteiger partial charge in [0.2, 0.25) is 0 Å². The van der Waals surface area contributed by atoms with Crippen molar-refractivity contribution < 1.29 is 14.4 Å². The third-order valence-electron chi connectivity index (χ3n) is 2.92. The van der Waals surface area contributed by atoms with Gasteiger partial charge in [0, 0.05) is 18.3 Å². The van der Waals surface area contributed by atoms with Gasteiger partial charge in [0.05, 0.1) is 0 Å². The summed E-state index contributed by atoms with van der Waals surface area (Å²) in [5.41, 5.74) is -0.511. The highest BCUT2D eigenvalue weighted by Crippen LogP contribution is 2.34. The first-order valence-corrected chi connectivity index (χ1v) is 5.00. The van der Waals surface area contributed by atoms with E-state index in [9.17, 15) is 14.4 Å². The lowest BCUT2D eigenvalue weighted by molar-refractivity contribution is -0.147. The molecule has 0 aromatic rings. The van der Waals surface area contributed by atoms with Crippen LogP contribution in [0.15, 0.2) is 0 Å². The van der Waals surface area contributed by atoms with E-state index in [1.807, 2.05) is 0 Å². The third kappa shape index (κ3) is 1.76. The number of carbonyl (C=O) groups excluding carboxylic acids is 3. The van der Waals surface area contributed by atoms with E-state index in [2.05, 4.69) is 0 Å². The standard InChI is InChI=1S/C11H16O3/c1-4-7(12)9-8(13)5-6-11(2,3)10(9)14/h9H,4-6H2,1-3H3. The maximum absolute atomic E-state index is 11.8. The topological polar surface area (TPSA) is 51.2 Å². The van der Waals surface area contributed by atoms with Gasteiger partial charge >= 0.3 is 0 Å². The van der Waals surface area contributed by atoms with E-state index in [4.69, 9.17) is 0 Å². The average molecular weight is 196 g/mol. The van der Waals surface area contributed by atoms with E-state index in [1.54, 1.807) is 20.8 Å². The Bertz CT molecular complexity index is 281. The molecule has 78 valence electrons. The lowest BCUT2D eigenvalue weighted by atomic mass is 9.69. The zero-order valence-electron chi connectivity index (χ0n) is 8.92. The average Bonchev–Trinajstić information content (AvgIpc) is 2.13. The first-order chi connectivity index (χ1) is 6.40. The van der Waals surface area contributed by atoms with Crippen LogP contribution >= 0.6 is 0 Å². The zero-order chi connectivity index (χ0) is 10.9. The first-order valence-electron chi connectivity index (χ1n) is 5.00. The summed E-state index contributed by atoms with van der Waals surface area (Å²) in [5, 5.41) is 0. The predicted octanol–water partition coefficient (Wildman–Crippen LogP) is 1.54. The Balaban J connectivity index is 2.96. The second-order valence-corrected chi connectivity index (χ2v) is 4.47. The molecule has 3 heteroatoms. The molecule has 0 aliphatic heterocycles. The van der Waals surface area contributed by atoms with E-state index < -0.39 is 11.3 Å². The summed E-state index contributed by atoms with van der Waals surface area (Å²) in [6, 6.07) is 0. The lowest BCUT2D eigenvalue weighted by Crippen LogP contribution is -2.44. The molecular formula is C11H16O3. The fraction of sp³-hybridized carbons (Fsp3) is 0.727. The number of rotatable bonds is 2. The minimum absolute atomic E-state index is 0.193. The van der Waals surface area contributed by atoms with Crippen LogP contribution in [0.2, 0.25) is 0 Å². The van der Waals surface area contributed by atoms with Gasteiger partial charge in [0.1, 0.15) is 5.92 Å². The molecule has 1 saturated carbocycles. The molecular weight excluding hydrogens is 180 g/mol. The molecule has 0 aromatic heterocycles. The Labute approximate surface area is 83.9 Å². The Morgan fingerprint density at radius 3 is 2.50 bits per heavy atom. The van der Waals surface area contributed by atoms with Gasteiger partial charge in [-0.05, 0) is 6.42 Å². The van der Waals surface area contributed by atoms with E-state index in [0.29, 0.717) is 12.8 Å². The quantitative estimate of drug-likeness (QED) is 0.629. The van der Waals surface area contributed by atoms with Crippen LogP contribution in [-0.4, -0.2) is 17.3 Å². The van der Waals surface area contributed by atoms with Gasteiger partial charge in [-0.3, -0.25) is 14.4 Å². The Hall–Kier alpha value is -0.990. The molecule has 1 atom stereocenters. The summed E-state index contributed by atoms with van der Waals surface area (Å²) < 4.78 is 0. The SMILES string of the molecule is CCC(=O)C1C(=O)CCC(C)(C)C1=O. The number of hydrogen-bond donors (Lipinski definition) is 0. The second-order valence-electron chi connectivity index (χ2n) is 4.47. The summed E-state index contributed by atoms with van der Waals surface area (Å²) in [5.74, 6) is -1.58. The summed E-state index contributed by atoms with van der Waals surface area (Å²) >= 11 is 0. The zero-order valence-corrected chi connectivity index (χ0v) is 8.92.